The predicted molar refractivity (Wildman–Crippen MR) is 156 cm³/mol. The van der Waals surface area contributed by atoms with Crippen molar-refractivity contribution in [2.24, 2.45) is 17.3 Å². The van der Waals surface area contributed by atoms with Crippen molar-refractivity contribution in [2.75, 3.05) is 67.1 Å². The first kappa shape index (κ1) is 30.0. The van der Waals surface area contributed by atoms with Gasteiger partial charge in [-0.2, -0.15) is 0 Å². The quantitative estimate of drug-likeness (QED) is 0.458. The van der Waals surface area contributed by atoms with Crippen molar-refractivity contribution in [3.63, 3.8) is 0 Å². The third kappa shape index (κ3) is 6.35. The second-order valence-electron chi connectivity index (χ2n) is 13.0. The summed E-state index contributed by atoms with van der Waals surface area (Å²) in [7, 11) is 4.68. The van der Waals surface area contributed by atoms with E-state index in [9.17, 15) is 9.59 Å². The van der Waals surface area contributed by atoms with Gasteiger partial charge in [0.25, 0.3) is 5.91 Å². The molecule has 9 heteroatoms. The SMILES string of the molecule is COc1cc(C(=O)N(CCN2CCN(C(=O)NC(C)(C)C)CC2)CC2=CCC3CC2C3(C)C)cc(OC)c1OC. The molecule has 2 bridgehead atoms. The Hall–Kier alpha value is -2.94. The Morgan fingerprint density at radius 2 is 1.65 bits per heavy atom. The molecule has 40 heavy (non-hydrogen) atoms. The van der Waals surface area contributed by atoms with Gasteiger partial charge in [-0.25, -0.2) is 4.79 Å². The molecule has 0 spiro atoms. The highest BCUT2D eigenvalue weighted by molar-refractivity contribution is 5.96. The lowest BCUT2D eigenvalue weighted by Gasteiger charge is -2.57. The van der Waals surface area contributed by atoms with E-state index < -0.39 is 0 Å². The van der Waals surface area contributed by atoms with Crippen LogP contribution in [0.15, 0.2) is 23.8 Å². The molecule has 2 atom stereocenters. The molecule has 2 unspecified atom stereocenters. The van der Waals surface area contributed by atoms with Gasteiger partial charge in [-0.05, 0) is 63.0 Å². The molecule has 1 N–H and O–H groups in total. The Kier molecular flexibility index (Phi) is 8.93. The fourth-order valence-electron chi connectivity index (χ4n) is 6.35. The molecule has 1 aromatic rings. The van der Waals surface area contributed by atoms with Crippen LogP contribution >= 0.6 is 0 Å². The van der Waals surface area contributed by atoms with E-state index in [2.05, 4.69) is 30.1 Å². The third-order valence-corrected chi connectivity index (χ3v) is 8.98. The van der Waals surface area contributed by atoms with Gasteiger partial charge in [0, 0.05) is 56.9 Å². The molecule has 0 radical (unpaired) electrons. The topological polar surface area (TPSA) is 83.6 Å². The van der Waals surface area contributed by atoms with E-state index in [4.69, 9.17) is 14.2 Å². The van der Waals surface area contributed by atoms with E-state index in [0.29, 0.717) is 54.9 Å². The highest BCUT2D eigenvalue weighted by Gasteiger charge is 2.51. The van der Waals surface area contributed by atoms with Gasteiger partial charge >= 0.3 is 6.03 Å². The van der Waals surface area contributed by atoms with Crippen LogP contribution in [0.5, 0.6) is 17.2 Å². The van der Waals surface area contributed by atoms with Crippen molar-refractivity contribution in [1.82, 2.24) is 20.0 Å². The van der Waals surface area contributed by atoms with Gasteiger partial charge < -0.3 is 29.3 Å². The molecule has 222 valence electrons. The molecule has 4 aliphatic rings. The molecule has 0 aromatic heterocycles. The molecule has 5 rings (SSSR count). The maximum Gasteiger partial charge on any atom is 0.317 e. The normalized spacial score (nSPS) is 22.1. The number of ether oxygens (including phenoxy) is 3. The summed E-state index contributed by atoms with van der Waals surface area (Å²) >= 11 is 0. The summed E-state index contributed by atoms with van der Waals surface area (Å²) < 4.78 is 16.5. The number of benzene rings is 1. The van der Waals surface area contributed by atoms with Gasteiger partial charge in [0.1, 0.15) is 0 Å². The van der Waals surface area contributed by atoms with Crippen LogP contribution in [0.4, 0.5) is 4.79 Å². The van der Waals surface area contributed by atoms with Crippen LogP contribution in [0.25, 0.3) is 0 Å². The first-order valence-corrected chi connectivity index (χ1v) is 14.5. The Morgan fingerprint density at radius 3 is 2.15 bits per heavy atom. The Morgan fingerprint density at radius 1 is 1.02 bits per heavy atom. The molecule has 3 aliphatic carbocycles. The van der Waals surface area contributed by atoms with E-state index in [1.807, 2.05) is 30.6 Å². The van der Waals surface area contributed by atoms with Gasteiger partial charge in [0.05, 0.1) is 21.3 Å². The molecule has 1 aliphatic heterocycles. The number of hydrogen-bond acceptors (Lipinski definition) is 6. The first-order valence-electron chi connectivity index (χ1n) is 14.5. The van der Waals surface area contributed by atoms with Gasteiger partial charge in [0.15, 0.2) is 11.5 Å². The highest BCUT2D eigenvalue weighted by Crippen LogP contribution is 2.59. The third-order valence-electron chi connectivity index (χ3n) is 8.98. The summed E-state index contributed by atoms with van der Waals surface area (Å²) in [5.74, 6) is 2.62. The number of amides is 3. The highest BCUT2D eigenvalue weighted by atomic mass is 16.5. The summed E-state index contributed by atoms with van der Waals surface area (Å²) in [4.78, 5) is 32.8. The minimum atomic E-state index is -0.259. The number of nitrogens with zero attached hydrogens (tertiary/aromatic N) is 3. The molecular formula is C31H48N4O5. The van der Waals surface area contributed by atoms with Crippen molar-refractivity contribution in [2.45, 2.75) is 53.0 Å². The Balaban J connectivity index is 1.48. The number of allylic oxidation sites excluding steroid dienone is 1. The molecule has 3 amide bonds. The number of piperazine rings is 1. The number of methoxy groups -OCH3 is 3. The maximum atomic E-state index is 14.0. The van der Waals surface area contributed by atoms with Crippen LogP contribution < -0.4 is 19.5 Å². The number of rotatable bonds is 9. The maximum absolute atomic E-state index is 14.0. The van der Waals surface area contributed by atoms with Crippen molar-refractivity contribution in [3.8, 4) is 17.2 Å². The fraction of sp³-hybridized carbons (Fsp3) is 0.677. The van der Waals surface area contributed by atoms with E-state index in [-0.39, 0.29) is 22.9 Å². The summed E-state index contributed by atoms with van der Waals surface area (Å²) in [6, 6.07) is 3.46. The fourth-order valence-corrected chi connectivity index (χ4v) is 6.35. The van der Waals surface area contributed by atoms with Crippen LogP contribution in [0.2, 0.25) is 0 Å². The molecule has 1 saturated heterocycles. The van der Waals surface area contributed by atoms with Gasteiger partial charge in [0.2, 0.25) is 5.75 Å². The molecule has 1 saturated carbocycles. The van der Waals surface area contributed by atoms with Crippen molar-refractivity contribution >= 4 is 11.9 Å². The largest absolute Gasteiger partial charge is 0.493 e. The number of carbonyl (C=O) groups is 2. The van der Waals surface area contributed by atoms with Crippen LogP contribution in [0, 0.1) is 17.3 Å². The summed E-state index contributed by atoms with van der Waals surface area (Å²) in [5, 5.41) is 3.05. The number of nitrogens with one attached hydrogen (secondary N) is 1. The monoisotopic (exact) mass is 556 g/mol. The number of urea groups is 1. The second-order valence-corrected chi connectivity index (χ2v) is 13.0. The minimum absolute atomic E-state index is 0.0167. The van der Waals surface area contributed by atoms with Crippen LogP contribution in [-0.2, 0) is 0 Å². The first-order chi connectivity index (χ1) is 18.9. The number of hydrogen-bond donors (Lipinski definition) is 1. The van der Waals surface area contributed by atoms with E-state index in [1.54, 1.807) is 33.5 Å². The molecule has 1 heterocycles. The Labute approximate surface area is 239 Å². The summed E-state index contributed by atoms with van der Waals surface area (Å²) in [6.45, 7) is 15.6. The van der Waals surface area contributed by atoms with Gasteiger partial charge in [-0.3, -0.25) is 9.69 Å². The van der Waals surface area contributed by atoms with Crippen molar-refractivity contribution < 1.29 is 23.8 Å². The predicted octanol–water partition coefficient (Wildman–Crippen LogP) is 4.27. The zero-order chi connectivity index (χ0) is 29.2. The number of fused-ring (bicyclic) bond motifs is 1. The van der Waals surface area contributed by atoms with E-state index in [1.165, 1.54) is 12.0 Å². The molecule has 9 nitrogen and oxygen atoms in total. The zero-order valence-corrected chi connectivity index (χ0v) is 25.6. The average Bonchev–Trinajstić information content (AvgIpc) is 2.93. The van der Waals surface area contributed by atoms with Gasteiger partial charge in [-0.1, -0.05) is 25.5 Å². The zero-order valence-electron chi connectivity index (χ0n) is 25.6. The van der Waals surface area contributed by atoms with Gasteiger partial charge in [-0.15, -0.1) is 0 Å². The molecule has 1 aromatic carbocycles. The lowest BCUT2D eigenvalue weighted by molar-refractivity contribution is -0.0105. The van der Waals surface area contributed by atoms with Crippen molar-refractivity contribution in [1.29, 1.82) is 0 Å². The summed E-state index contributed by atoms with van der Waals surface area (Å²) in [5.41, 5.74) is 1.91. The lowest BCUT2D eigenvalue weighted by Crippen LogP contribution is -2.56. The smallest absolute Gasteiger partial charge is 0.317 e. The second kappa shape index (κ2) is 11.9. The average molecular weight is 557 g/mol. The minimum Gasteiger partial charge on any atom is -0.493 e. The van der Waals surface area contributed by atoms with E-state index in [0.717, 1.165) is 32.0 Å². The number of carbonyl (C=O) groups excluding carboxylic acids is 2. The van der Waals surface area contributed by atoms with Crippen LogP contribution in [0.3, 0.4) is 0 Å². The lowest BCUT2D eigenvalue weighted by atomic mass is 9.49. The standard InChI is InChI=1S/C31H48N4O5/c1-30(2,3)32-29(37)34-14-11-33(12-15-34)13-16-35(20-21-9-10-23-19-24(21)31(23,4)5)28(36)22-17-25(38-6)27(40-8)26(18-22)39-7/h9,17-18,23-24H,10-16,19-20H2,1-8H3,(H,32,37). The van der Waals surface area contributed by atoms with Crippen LogP contribution in [-0.4, -0.2) is 99.3 Å². The van der Waals surface area contributed by atoms with E-state index >= 15 is 0 Å². The van der Waals surface area contributed by atoms with Crippen molar-refractivity contribution in [3.05, 3.63) is 29.3 Å². The van der Waals surface area contributed by atoms with Crippen LogP contribution in [0.1, 0.15) is 57.8 Å². The molecular weight excluding hydrogens is 508 g/mol. The summed E-state index contributed by atoms with van der Waals surface area (Å²) in [6.07, 6.45) is 4.67. The Bertz CT molecular complexity index is 1090. The molecule has 2 fully saturated rings.